The van der Waals surface area contributed by atoms with Crippen LogP contribution < -0.4 is 0 Å². The van der Waals surface area contributed by atoms with Crippen LogP contribution in [0.3, 0.4) is 0 Å². The lowest BCUT2D eigenvalue weighted by molar-refractivity contribution is -0.165. The van der Waals surface area contributed by atoms with Crippen molar-refractivity contribution in [2.45, 2.75) is 45.6 Å². The number of carbonyl (C=O) groups excluding carboxylic acids is 1. The zero-order valence-electron chi connectivity index (χ0n) is 15.8. The van der Waals surface area contributed by atoms with E-state index in [4.69, 9.17) is 13.9 Å². The minimum absolute atomic E-state index is 0.376. The van der Waals surface area contributed by atoms with Crippen LogP contribution in [-0.2, 0) is 20.7 Å². The minimum Gasteiger partial charge on any atom is -0.467 e. The molecule has 138 valence electrons. The Morgan fingerprint density at radius 3 is 2.65 bits per heavy atom. The van der Waals surface area contributed by atoms with Crippen LogP contribution in [0.1, 0.15) is 38.1 Å². The van der Waals surface area contributed by atoms with Crippen molar-refractivity contribution in [3.8, 4) is 23.3 Å². The number of nitrogens with zero attached hydrogens (tertiary/aromatic N) is 1. The van der Waals surface area contributed by atoms with Gasteiger partial charge in [0.2, 0.25) is 5.89 Å². The predicted molar refractivity (Wildman–Crippen MR) is 99.4 cm³/mol. The maximum atomic E-state index is 11.5. The van der Waals surface area contributed by atoms with E-state index >= 15 is 0 Å². The molecule has 1 heterocycles. The lowest BCUT2D eigenvalue weighted by Crippen LogP contribution is -2.36. The summed E-state index contributed by atoms with van der Waals surface area (Å²) in [4.78, 5) is 16.0. The molecule has 0 N–H and O–H groups in total. The third-order valence-electron chi connectivity index (χ3n) is 3.88. The Balaban J connectivity index is 1.79. The van der Waals surface area contributed by atoms with Crippen molar-refractivity contribution in [2.75, 3.05) is 13.7 Å². The normalized spacial score (nSPS) is 10.9. The fourth-order valence-electron chi connectivity index (χ4n) is 2.32. The van der Waals surface area contributed by atoms with E-state index in [0.29, 0.717) is 25.3 Å². The first kappa shape index (κ1) is 19.7. The topological polar surface area (TPSA) is 61.6 Å². The van der Waals surface area contributed by atoms with Gasteiger partial charge < -0.3 is 13.9 Å². The standard InChI is InChI=1S/C21H25NO4/c1-16-18(22-19(26-16)17-12-8-7-9-13-17)14-10-5-6-11-15-25-21(2,3)20(23)24-4/h7-9,12-13H,6,11,14-15H2,1-4H3. The van der Waals surface area contributed by atoms with Crippen molar-refractivity contribution >= 4 is 5.97 Å². The highest BCUT2D eigenvalue weighted by Crippen LogP contribution is 2.21. The van der Waals surface area contributed by atoms with Crippen molar-refractivity contribution in [1.29, 1.82) is 0 Å². The van der Waals surface area contributed by atoms with Crippen LogP contribution in [-0.4, -0.2) is 30.3 Å². The van der Waals surface area contributed by atoms with Gasteiger partial charge in [0.05, 0.1) is 19.2 Å². The predicted octanol–water partition coefficient (Wildman–Crippen LogP) is 3.94. The number of unbranched alkanes of at least 4 members (excludes halogenated alkanes) is 1. The van der Waals surface area contributed by atoms with Crippen LogP contribution in [0.25, 0.3) is 11.5 Å². The Kier molecular flexibility index (Phi) is 6.99. The molecule has 26 heavy (non-hydrogen) atoms. The van der Waals surface area contributed by atoms with Crippen molar-refractivity contribution in [1.82, 2.24) is 4.98 Å². The Morgan fingerprint density at radius 2 is 1.96 bits per heavy atom. The summed E-state index contributed by atoms with van der Waals surface area (Å²) in [7, 11) is 1.36. The fourth-order valence-corrected chi connectivity index (χ4v) is 2.32. The van der Waals surface area contributed by atoms with Crippen molar-refractivity contribution < 1.29 is 18.7 Å². The number of aromatic nitrogens is 1. The summed E-state index contributed by atoms with van der Waals surface area (Å²) in [6, 6.07) is 9.81. The van der Waals surface area contributed by atoms with Crippen LogP contribution in [0, 0.1) is 18.8 Å². The highest BCUT2D eigenvalue weighted by molar-refractivity contribution is 5.78. The summed E-state index contributed by atoms with van der Waals surface area (Å²) in [5, 5.41) is 0. The first-order chi connectivity index (χ1) is 12.4. The number of ether oxygens (including phenoxy) is 2. The Bertz CT molecular complexity index is 781. The van der Waals surface area contributed by atoms with Crippen LogP contribution in [0.15, 0.2) is 34.7 Å². The minimum atomic E-state index is -0.923. The molecule has 0 bridgehead atoms. The average Bonchev–Trinajstić information content (AvgIpc) is 3.01. The highest BCUT2D eigenvalue weighted by Gasteiger charge is 2.29. The van der Waals surface area contributed by atoms with Gasteiger partial charge in [-0.3, -0.25) is 0 Å². The van der Waals surface area contributed by atoms with Gasteiger partial charge in [-0.25, -0.2) is 9.78 Å². The SMILES string of the molecule is COC(=O)C(C)(C)OCCCC#CCc1nc(-c2ccccc2)oc1C. The Morgan fingerprint density at radius 1 is 1.23 bits per heavy atom. The monoisotopic (exact) mass is 355 g/mol. The van der Waals surface area contributed by atoms with Gasteiger partial charge in [0, 0.05) is 18.6 Å². The zero-order chi connectivity index (χ0) is 19.0. The number of methoxy groups -OCH3 is 1. The first-order valence-corrected chi connectivity index (χ1v) is 8.64. The summed E-state index contributed by atoms with van der Waals surface area (Å²) >= 11 is 0. The van der Waals surface area contributed by atoms with E-state index in [0.717, 1.165) is 23.4 Å². The molecule has 1 aromatic carbocycles. The molecular weight excluding hydrogens is 330 g/mol. The van der Waals surface area contributed by atoms with E-state index < -0.39 is 5.60 Å². The van der Waals surface area contributed by atoms with Crippen molar-refractivity contribution in [3.63, 3.8) is 0 Å². The molecule has 5 nitrogen and oxygen atoms in total. The van der Waals surface area contributed by atoms with E-state index in [1.807, 2.05) is 37.3 Å². The van der Waals surface area contributed by atoms with Gasteiger partial charge >= 0.3 is 5.97 Å². The Hall–Kier alpha value is -2.58. The molecule has 5 heteroatoms. The number of esters is 1. The van der Waals surface area contributed by atoms with E-state index in [1.165, 1.54) is 7.11 Å². The molecule has 0 fully saturated rings. The van der Waals surface area contributed by atoms with Crippen LogP contribution in [0.2, 0.25) is 0 Å². The molecule has 0 saturated carbocycles. The molecule has 0 atom stereocenters. The maximum absolute atomic E-state index is 11.5. The molecule has 0 radical (unpaired) electrons. The van der Waals surface area contributed by atoms with Gasteiger partial charge in [0.15, 0.2) is 5.60 Å². The lowest BCUT2D eigenvalue weighted by Gasteiger charge is -2.21. The molecule has 0 amide bonds. The number of hydrogen-bond donors (Lipinski definition) is 0. The second-order valence-corrected chi connectivity index (χ2v) is 6.37. The van der Waals surface area contributed by atoms with Gasteiger partial charge in [-0.1, -0.05) is 24.1 Å². The number of carbonyl (C=O) groups is 1. The molecule has 0 spiro atoms. The zero-order valence-corrected chi connectivity index (χ0v) is 15.8. The third-order valence-corrected chi connectivity index (χ3v) is 3.88. The molecule has 2 aromatic rings. The molecule has 2 rings (SSSR count). The van der Waals surface area contributed by atoms with E-state index in [9.17, 15) is 4.79 Å². The molecule has 1 aromatic heterocycles. The highest BCUT2D eigenvalue weighted by atomic mass is 16.6. The molecule has 0 aliphatic rings. The van der Waals surface area contributed by atoms with Crippen molar-refractivity contribution in [2.24, 2.45) is 0 Å². The quantitative estimate of drug-likeness (QED) is 0.428. The third kappa shape index (κ3) is 5.47. The fraction of sp³-hybridized carbons (Fsp3) is 0.429. The van der Waals surface area contributed by atoms with Gasteiger partial charge in [-0.2, -0.15) is 0 Å². The van der Waals surface area contributed by atoms with E-state index in [1.54, 1.807) is 13.8 Å². The summed E-state index contributed by atoms with van der Waals surface area (Å²) in [5.74, 6) is 7.27. The van der Waals surface area contributed by atoms with E-state index in [-0.39, 0.29) is 5.97 Å². The van der Waals surface area contributed by atoms with Crippen LogP contribution in [0.4, 0.5) is 0 Å². The van der Waals surface area contributed by atoms with Gasteiger partial charge in [0.25, 0.3) is 0 Å². The second kappa shape index (κ2) is 9.21. The molecule has 0 saturated heterocycles. The summed E-state index contributed by atoms with van der Waals surface area (Å²) < 4.78 is 16.0. The van der Waals surface area contributed by atoms with Gasteiger partial charge in [0.1, 0.15) is 5.76 Å². The largest absolute Gasteiger partial charge is 0.467 e. The number of oxazole rings is 1. The van der Waals surface area contributed by atoms with Crippen LogP contribution >= 0.6 is 0 Å². The smallest absolute Gasteiger partial charge is 0.337 e. The second-order valence-electron chi connectivity index (χ2n) is 6.37. The first-order valence-electron chi connectivity index (χ1n) is 8.64. The number of benzene rings is 1. The average molecular weight is 355 g/mol. The molecular formula is C21H25NO4. The summed E-state index contributed by atoms with van der Waals surface area (Å²) in [5.41, 5.74) is 0.896. The van der Waals surface area contributed by atoms with E-state index in [2.05, 4.69) is 16.8 Å². The van der Waals surface area contributed by atoms with Gasteiger partial charge in [-0.15, -0.1) is 5.92 Å². The number of hydrogen-bond acceptors (Lipinski definition) is 5. The lowest BCUT2D eigenvalue weighted by atomic mass is 10.1. The summed E-state index contributed by atoms with van der Waals surface area (Å²) in [6.07, 6.45) is 2.00. The number of rotatable bonds is 7. The summed E-state index contributed by atoms with van der Waals surface area (Å²) in [6.45, 7) is 5.75. The van der Waals surface area contributed by atoms with Crippen molar-refractivity contribution in [3.05, 3.63) is 41.8 Å². The molecule has 0 aliphatic heterocycles. The molecule has 0 unspecified atom stereocenters. The maximum Gasteiger partial charge on any atom is 0.337 e. The molecule has 0 aliphatic carbocycles. The van der Waals surface area contributed by atoms with Crippen LogP contribution in [0.5, 0.6) is 0 Å². The van der Waals surface area contributed by atoms with Gasteiger partial charge in [-0.05, 0) is 39.3 Å². The Labute approximate surface area is 154 Å². The number of aryl methyl sites for hydroxylation is 1.